The normalized spacial score (nSPS) is 13.1. The van der Waals surface area contributed by atoms with E-state index in [4.69, 9.17) is 0 Å². The van der Waals surface area contributed by atoms with E-state index in [1.807, 2.05) is 13.8 Å². The lowest BCUT2D eigenvalue weighted by atomic mass is 9.67. The van der Waals surface area contributed by atoms with Crippen molar-refractivity contribution in [1.29, 1.82) is 0 Å². The molecule has 0 saturated carbocycles. The Morgan fingerprint density at radius 2 is 0.742 bits per heavy atom. The van der Waals surface area contributed by atoms with Gasteiger partial charge in [0.2, 0.25) is 0 Å². The van der Waals surface area contributed by atoms with Crippen LogP contribution in [0.25, 0.3) is 11.1 Å². The minimum Gasteiger partial charge on any atom is -0.0683 e. The third-order valence-corrected chi connectivity index (χ3v) is 6.42. The second-order valence-electron chi connectivity index (χ2n) is 8.58. The fraction of sp³-hybridized carbons (Fsp3) is 0.226. The molecule has 0 aliphatic heterocycles. The summed E-state index contributed by atoms with van der Waals surface area (Å²) in [5.74, 6) is 0. The third kappa shape index (κ3) is 3.31. The van der Waals surface area contributed by atoms with E-state index in [0.717, 1.165) is 0 Å². The van der Waals surface area contributed by atoms with Gasteiger partial charge in [0.1, 0.15) is 0 Å². The van der Waals surface area contributed by atoms with Crippen LogP contribution in [0.5, 0.6) is 0 Å². The number of hydrogen-bond donors (Lipinski definition) is 0. The van der Waals surface area contributed by atoms with E-state index in [1.54, 1.807) is 0 Å². The van der Waals surface area contributed by atoms with Crippen LogP contribution in [-0.4, -0.2) is 0 Å². The van der Waals surface area contributed by atoms with Gasteiger partial charge in [0, 0.05) is 0 Å². The summed E-state index contributed by atoms with van der Waals surface area (Å²) in [6.07, 6.45) is 0. The molecule has 1 aliphatic rings. The molecular formula is C31H32. The first kappa shape index (κ1) is 21.1. The van der Waals surface area contributed by atoms with Crippen molar-refractivity contribution in [3.05, 3.63) is 129 Å². The lowest BCUT2D eigenvalue weighted by molar-refractivity contribution is 0.765. The number of benzene rings is 4. The molecule has 0 amide bonds. The highest BCUT2D eigenvalue weighted by atomic mass is 14.5. The molecule has 0 heterocycles. The summed E-state index contributed by atoms with van der Waals surface area (Å²) < 4.78 is 0. The predicted octanol–water partition coefficient (Wildman–Crippen LogP) is 8.31. The molecule has 0 saturated heterocycles. The minimum atomic E-state index is -0.288. The molecule has 0 bridgehead atoms. The molecule has 0 aromatic heterocycles. The van der Waals surface area contributed by atoms with Crippen LogP contribution in [0.4, 0.5) is 0 Å². The molecule has 1 aliphatic carbocycles. The van der Waals surface area contributed by atoms with Crippen molar-refractivity contribution in [1.82, 2.24) is 0 Å². The molecule has 0 fully saturated rings. The molecule has 156 valence electrons. The van der Waals surface area contributed by atoms with E-state index < -0.39 is 0 Å². The lowest BCUT2D eigenvalue weighted by Crippen LogP contribution is -2.28. The summed E-state index contributed by atoms with van der Waals surface area (Å²) in [6, 6.07) is 32.1. The van der Waals surface area contributed by atoms with Crippen molar-refractivity contribution < 1.29 is 0 Å². The third-order valence-electron chi connectivity index (χ3n) is 6.42. The Balaban J connectivity index is 0.00000112. The Hall–Kier alpha value is -3.12. The summed E-state index contributed by atoms with van der Waals surface area (Å²) in [4.78, 5) is 0. The van der Waals surface area contributed by atoms with Crippen molar-refractivity contribution in [2.75, 3.05) is 0 Å². The molecule has 4 aromatic carbocycles. The summed E-state index contributed by atoms with van der Waals surface area (Å²) >= 11 is 0. The number of fused-ring (bicyclic) bond motifs is 3. The first-order valence-corrected chi connectivity index (χ1v) is 11.4. The zero-order valence-electron chi connectivity index (χ0n) is 19.6. The SMILES string of the molecule is CC.Cc1ccc(C2(c3ccc(C)cc3)c3cc(C)ccc3-c3ccc(C)cc32)cc1. The highest BCUT2D eigenvalue weighted by Crippen LogP contribution is 2.56. The van der Waals surface area contributed by atoms with Gasteiger partial charge in [-0.05, 0) is 61.1 Å². The molecule has 4 aromatic rings. The molecular weight excluding hydrogens is 372 g/mol. The van der Waals surface area contributed by atoms with Gasteiger partial charge in [-0.25, -0.2) is 0 Å². The zero-order valence-corrected chi connectivity index (χ0v) is 19.6. The van der Waals surface area contributed by atoms with Gasteiger partial charge in [-0.2, -0.15) is 0 Å². The molecule has 31 heavy (non-hydrogen) atoms. The van der Waals surface area contributed by atoms with Crippen LogP contribution in [0.2, 0.25) is 0 Å². The fourth-order valence-electron chi connectivity index (χ4n) is 4.95. The van der Waals surface area contributed by atoms with E-state index in [-0.39, 0.29) is 5.41 Å². The van der Waals surface area contributed by atoms with Gasteiger partial charge in [-0.3, -0.25) is 0 Å². The summed E-state index contributed by atoms with van der Waals surface area (Å²) in [5, 5.41) is 0. The van der Waals surface area contributed by atoms with Gasteiger partial charge in [0.05, 0.1) is 5.41 Å². The zero-order chi connectivity index (χ0) is 22.2. The smallest absolute Gasteiger partial charge is 0.0683 e. The molecule has 0 unspecified atom stereocenters. The van der Waals surface area contributed by atoms with Gasteiger partial charge in [-0.1, -0.05) is 121 Å². The molecule has 0 nitrogen and oxygen atoms in total. The molecule has 0 N–H and O–H groups in total. The van der Waals surface area contributed by atoms with Crippen molar-refractivity contribution >= 4 is 0 Å². The molecule has 0 heteroatoms. The standard InChI is InChI=1S/C29H26.C2H6/c1-19-5-11-23(12-6-19)29(24-13-7-20(2)8-14-24)27-17-21(3)9-15-25(27)26-16-10-22(4)18-28(26)29;1-2/h5-18H,1-4H3;1-2H3. The Labute approximate surface area is 187 Å². The van der Waals surface area contributed by atoms with Gasteiger partial charge in [-0.15, -0.1) is 0 Å². The monoisotopic (exact) mass is 404 g/mol. The first-order chi connectivity index (χ1) is 15.0. The average molecular weight is 405 g/mol. The quantitative estimate of drug-likeness (QED) is 0.277. The number of rotatable bonds is 2. The summed E-state index contributed by atoms with van der Waals surface area (Å²) in [7, 11) is 0. The Morgan fingerprint density at radius 1 is 0.419 bits per heavy atom. The maximum absolute atomic E-state index is 2.39. The van der Waals surface area contributed by atoms with Crippen LogP contribution >= 0.6 is 0 Å². The topological polar surface area (TPSA) is 0 Å². The first-order valence-electron chi connectivity index (χ1n) is 11.4. The van der Waals surface area contributed by atoms with Crippen LogP contribution < -0.4 is 0 Å². The van der Waals surface area contributed by atoms with E-state index in [1.165, 1.54) is 55.6 Å². The maximum atomic E-state index is 2.39. The van der Waals surface area contributed by atoms with Crippen molar-refractivity contribution in [3.8, 4) is 11.1 Å². The molecule has 0 radical (unpaired) electrons. The average Bonchev–Trinajstić information content (AvgIpc) is 3.06. The van der Waals surface area contributed by atoms with Crippen LogP contribution in [0.1, 0.15) is 58.4 Å². The Morgan fingerprint density at radius 3 is 1.10 bits per heavy atom. The predicted molar refractivity (Wildman–Crippen MR) is 134 cm³/mol. The van der Waals surface area contributed by atoms with E-state index in [9.17, 15) is 0 Å². The number of hydrogen-bond acceptors (Lipinski definition) is 0. The van der Waals surface area contributed by atoms with E-state index >= 15 is 0 Å². The Bertz CT molecular complexity index is 1110. The second kappa shape index (κ2) is 8.19. The van der Waals surface area contributed by atoms with Crippen molar-refractivity contribution in [2.24, 2.45) is 0 Å². The minimum absolute atomic E-state index is 0.288. The van der Waals surface area contributed by atoms with Crippen LogP contribution in [-0.2, 0) is 5.41 Å². The highest BCUT2D eigenvalue weighted by Gasteiger charge is 2.46. The molecule has 5 rings (SSSR count). The largest absolute Gasteiger partial charge is 0.0713 e. The number of aryl methyl sites for hydroxylation is 4. The van der Waals surface area contributed by atoms with Crippen molar-refractivity contribution in [3.63, 3.8) is 0 Å². The fourth-order valence-corrected chi connectivity index (χ4v) is 4.95. The summed E-state index contributed by atoms with van der Waals surface area (Å²) in [5.41, 5.74) is 13.1. The van der Waals surface area contributed by atoms with E-state index in [2.05, 4.69) is 113 Å². The van der Waals surface area contributed by atoms with Crippen LogP contribution in [0.15, 0.2) is 84.9 Å². The molecule has 0 spiro atoms. The van der Waals surface area contributed by atoms with Gasteiger partial charge in [0.25, 0.3) is 0 Å². The Kier molecular flexibility index (Phi) is 5.58. The maximum Gasteiger partial charge on any atom is 0.0713 e. The molecule has 0 atom stereocenters. The van der Waals surface area contributed by atoms with Crippen LogP contribution in [0.3, 0.4) is 0 Å². The second-order valence-corrected chi connectivity index (χ2v) is 8.58. The van der Waals surface area contributed by atoms with Crippen LogP contribution in [0, 0.1) is 27.7 Å². The van der Waals surface area contributed by atoms with Gasteiger partial charge < -0.3 is 0 Å². The van der Waals surface area contributed by atoms with Crippen molar-refractivity contribution in [2.45, 2.75) is 47.0 Å². The highest BCUT2D eigenvalue weighted by molar-refractivity contribution is 5.86. The van der Waals surface area contributed by atoms with E-state index in [0.29, 0.717) is 0 Å². The summed E-state index contributed by atoms with van der Waals surface area (Å²) in [6.45, 7) is 12.7. The van der Waals surface area contributed by atoms with Gasteiger partial charge >= 0.3 is 0 Å². The lowest BCUT2D eigenvalue weighted by Gasteiger charge is -2.34. The van der Waals surface area contributed by atoms with Gasteiger partial charge in [0.15, 0.2) is 0 Å².